The first-order valence-corrected chi connectivity index (χ1v) is 18.5. The molecule has 0 spiro atoms. The molecule has 9 rings (SSSR count). The van der Waals surface area contributed by atoms with E-state index in [1.54, 1.807) is 12.3 Å². The van der Waals surface area contributed by atoms with Crippen molar-refractivity contribution in [1.82, 2.24) is 15.0 Å². The predicted octanol–water partition coefficient (Wildman–Crippen LogP) is 12.2. The second kappa shape index (κ2) is 17.4. The topological polar surface area (TPSA) is 65.0 Å². The van der Waals surface area contributed by atoms with E-state index >= 15 is 0 Å². The summed E-state index contributed by atoms with van der Waals surface area (Å²) < 4.78 is 5.98. The monoisotopic (exact) mass is 923 g/mol. The van der Waals surface area contributed by atoms with Crippen LogP contribution in [0.4, 0.5) is 0 Å². The fraction of sp³-hybridized carbons (Fsp3) is 0. The van der Waals surface area contributed by atoms with Crippen molar-refractivity contribution in [2.45, 2.75) is 0 Å². The number of pyridine rings is 3. The Morgan fingerprint density at radius 1 is 0.414 bits per heavy atom. The maximum absolute atomic E-state index is 14.1. The van der Waals surface area contributed by atoms with Crippen LogP contribution in [0.2, 0.25) is 0 Å². The van der Waals surface area contributed by atoms with Crippen LogP contribution in [0.15, 0.2) is 195 Å². The zero-order chi connectivity index (χ0) is 38.4. The van der Waals surface area contributed by atoms with Crippen LogP contribution in [0.5, 0.6) is 5.75 Å². The van der Waals surface area contributed by atoms with Gasteiger partial charge in [0.15, 0.2) is 0 Å². The molecular weight excluding hydrogens is 891 g/mol. The van der Waals surface area contributed by atoms with Crippen LogP contribution in [-0.4, -0.2) is 20.9 Å². The van der Waals surface area contributed by atoms with Crippen molar-refractivity contribution in [2.24, 2.45) is 0 Å². The van der Waals surface area contributed by atoms with E-state index in [1.165, 1.54) is 0 Å². The number of hydrogen-bond donors (Lipinski definition) is 0. The minimum Gasteiger partial charge on any atom is -0.421 e. The molecule has 3 aromatic heterocycles. The van der Waals surface area contributed by atoms with Gasteiger partial charge in [0, 0.05) is 12.4 Å². The third-order valence-corrected chi connectivity index (χ3v) is 9.70. The number of carbonyl (C=O) groups excluding carboxylic acids is 1. The van der Waals surface area contributed by atoms with Crippen molar-refractivity contribution in [3.63, 3.8) is 0 Å². The number of esters is 1. The van der Waals surface area contributed by atoms with E-state index < -0.39 is 5.97 Å². The molecule has 0 unspecified atom stereocenters. The van der Waals surface area contributed by atoms with Gasteiger partial charge in [0.1, 0.15) is 5.75 Å². The van der Waals surface area contributed by atoms with E-state index in [-0.39, 0.29) is 20.1 Å². The molecule has 0 N–H and O–H groups in total. The normalized spacial score (nSPS) is 10.7. The SMILES string of the molecule is O=C(Oc1ccc(-c2[c-]cccc2)nc1)c1cc(-c2ccccc2-c2ccc(-c3[c-]cccc3)nc2)cc(-c2ccccc2-c2ccc(-c3[c-]cccc3)nc2)c1.[Ir+3]. The quantitative estimate of drug-likeness (QED) is 0.107. The zero-order valence-corrected chi connectivity index (χ0v) is 33.4. The van der Waals surface area contributed by atoms with Gasteiger partial charge in [-0.2, -0.15) is 0 Å². The molecule has 0 atom stereocenters. The maximum Gasteiger partial charge on any atom is 3.00 e. The van der Waals surface area contributed by atoms with E-state index in [0.29, 0.717) is 11.3 Å². The third-order valence-electron chi connectivity index (χ3n) is 9.70. The molecule has 276 valence electrons. The summed E-state index contributed by atoms with van der Waals surface area (Å²) in [5, 5.41) is 0. The number of ether oxygens (including phenoxy) is 1. The van der Waals surface area contributed by atoms with Crippen LogP contribution in [0.1, 0.15) is 10.4 Å². The first kappa shape index (κ1) is 37.8. The molecular formula is C52H32IrN3O2. The molecule has 58 heavy (non-hydrogen) atoms. The molecule has 0 radical (unpaired) electrons. The van der Waals surface area contributed by atoms with Gasteiger partial charge >= 0.3 is 26.1 Å². The number of nitrogens with zero attached hydrogens (tertiary/aromatic N) is 3. The average molecular weight is 923 g/mol. The Balaban J connectivity index is 0.00000469. The molecule has 9 aromatic rings. The first-order valence-electron chi connectivity index (χ1n) is 18.5. The Hall–Kier alpha value is -7.11. The molecule has 6 aromatic carbocycles. The van der Waals surface area contributed by atoms with Crippen molar-refractivity contribution in [3.8, 4) is 84.0 Å². The fourth-order valence-corrected chi connectivity index (χ4v) is 6.88. The number of benzene rings is 6. The van der Waals surface area contributed by atoms with Gasteiger partial charge in [0.05, 0.1) is 11.8 Å². The third kappa shape index (κ3) is 8.21. The van der Waals surface area contributed by atoms with Crippen LogP contribution in [0.3, 0.4) is 0 Å². The van der Waals surface area contributed by atoms with E-state index in [9.17, 15) is 4.79 Å². The smallest absolute Gasteiger partial charge is 0.421 e. The number of rotatable bonds is 9. The molecule has 0 aliphatic carbocycles. The Morgan fingerprint density at radius 3 is 1.17 bits per heavy atom. The molecule has 0 saturated heterocycles. The summed E-state index contributed by atoms with van der Waals surface area (Å²) in [7, 11) is 0. The number of hydrogen-bond acceptors (Lipinski definition) is 5. The standard InChI is InChI=1S/C52H32N3O2.Ir/c56-52(57-44-26-29-51(55-35-44)38-18-8-3-9-19-38)43-31-41(47-22-12-10-20-45(47)39-24-27-49(53-33-39)36-14-4-1-5-15-36)30-42(32-43)48-23-13-11-21-46(48)40-25-28-50(54-34-40)37-16-6-2-7-17-37;/h1-14,16,18,20-35H;/q-3;+3. The van der Waals surface area contributed by atoms with Crippen LogP contribution >= 0.6 is 0 Å². The van der Waals surface area contributed by atoms with E-state index in [2.05, 4.69) is 65.6 Å². The zero-order valence-electron chi connectivity index (χ0n) is 31.0. The second-order valence-electron chi connectivity index (χ2n) is 13.4. The van der Waals surface area contributed by atoms with Gasteiger partial charge < -0.3 is 19.7 Å². The van der Waals surface area contributed by atoms with E-state index in [4.69, 9.17) is 14.7 Å². The Bertz CT molecular complexity index is 2650. The largest absolute Gasteiger partial charge is 3.00 e. The minimum absolute atomic E-state index is 0. The number of carbonyl (C=O) groups is 1. The van der Waals surface area contributed by atoms with Crippen LogP contribution in [-0.2, 0) is 20.1 Å². The van der Waals surface area contributed by atoms with Crippen LogP contribution in [0, 0.1) is 18.2 Å². The summed E-state index contributed by atoms with van der Waals surface area (Å²) in [5.41, 5.74) is 13.0. The number of aromatic nitrogens is 3. The predicted molar refractivity (Wildman–Crippen MR) is 226 cm³/mol. The molecule has 3 heterocycles. The van der Waals surface area contributed by atoms with Crippen molar-refractivity contribution in [2.75, 3.05) is 0 Å². The van der Waals surface area contributed by atoms with Gasteiger partial charge in [0.2, 0.25) is 0 Å². The summed E-state index contributed by atoms with van der Waals surface area (Å²) in [5.74, 6) is -0.153. The van der Waals surface area contributed by atoms with Gasteiger partial charge in [-0.15, -0.1) is 108 Å². The van der Waals surface area contributed by atoms with E-state index in [1.807, 2.05) is 140 Å². The van der Waals surface area contributed by atoms with Gasteiger partial charge in [0.25, 0.3) is 0 Å². The summed E-state index contributed by atoms with van der Waals surface area (Å²) in [6.45, 7) is 0. The molecule has 6 heteroatoms. The molecule has 0 amide bonds. The minimum atomic E-state index is -0.496. The maximum atomic E-state index is 14.1. The second-order valence-corrected chi connectivity index (χ2v) is 13.4. The Morgan fingerprint density at radius 2 is 0.810 bits per heavy atom. The average Bonchev–Trinajstić information content (AvgIpc) is 3.30. The summed E-state index contributed by atoms with van der Waals surface area (Å²) in [4.78, 5) is 28.2. The summed E-state index contributed by atoms with van der Waals surface area (Å²) >= 11 is 0. The van der Waals surface area contributed by atoms with Gasteiger partial charge in [-0.1, -0.05) is 78.9 Å². The van der Waals surface area contributed by atoms with Crippen LogP contribution < -0.4 is 4.74 Å². The first-order chi connectivity index (χ1) is 28.2. The van der Waals surface area contributed by atoms with Crippen molar-refractivity contribution >= 4 is 5.97 Å². The molecule has 0 fully saturated rings. The van der Waals surface area contributed by atoms with Gasteiger partial charge in [-0.3, -0.25) is 0 Å². The summed E-state index contributed by atoms with van der Waals surface area (Å²) in [6, 6.07) is 66.9. The van der Waals surface area contributed by atoms with Crippen molar-refractivity contribution < 1.29 is 29.6 Å². The molecule has 0 aliphatic rings. The van der Waals surface area contributed by atoms with Crippen molar-refractivity contribution in [1.29, 1.82) is 0 Å². The fourth-order valence-electron chi connectivity index (χ4n) is 6.88. The molecule has 0 bridgehead atoms. The van der Waals surface area contributed by atoms with Crippen molar-refractivity contribution in [3.05, 3.63) is 218 Å². The van der Waals surface area contributed by atoms with Gasteiger partial charge in [-0.05, 0) is 85.9 Å². The Kier molecular flexibility index (Phi) is 11.3. The molecule has 0 saturated carbocycles. The molecule has 0 aliphatic heterocycles. The van der Waals surface area contributed by atoms with E-state index in [0.717, 1.165) is 78.3 Å². The summed E-state index contributed by atoms with van der Waals surface area (Å²) in [6.07, 6.45) is 5.34. The Labute approximate surface area is 351 Å². The van der Waals surface area contributed by atoms with Crippen LogP contribution in [0.25, 0.3) is 78.3 Å². The van der Waals surface area contributed by atoms with Gasteiger partial charge in [-0.25, -0.2) is 4.79 Å². The molecule has 5 nitrogen and oxygen atoms in total.